The minimum Gasteiger partial charge on any atom is -0.324 e. The van der Waals surface area contributed by atoms with Gasteiger partial charge in [-0.15, -0.1) is 0 Å². The number of halogens is 1. The lowest BCUT2D eigenvalue weighted by molar-refractivity contribution is -0.118. The average Bonchev–Trinajstić information content (AvgIpc) is 3.23. The standard InChI is InChI=1S/C26H26ClN3O2/c1-18-9-12-21(16-23(18)27)29-26(32)25(20-6-3-2-4-7-20)28-17-19-10-13-22(14-11-19)30-15-5-8-24(30)31/h2-4,6-7,9-14,16,25,28H,5,8,15,17H2,1H3,(H,29,32). The van der Waals surface area contributed by atoms with E-state index in [2.05, 4.69) is 10.6 Å². The number of rotatable bonds is 7. The van der Waals surface area contributed by atoms with Crippen molar-refractivity contribution in [2.45, 2.75) is 32.4 Å². The van der Waals surface area contributed by atoms with Gasteiger partial charge < -0.3 is 10.2 Å². The molecule has 0 radical (unpaired) electrons. The van der Waals surface area contributed by atoms with Crippen molar-refractivity contribution in [3.63, 3.8) is 0 Å². The van der Waals surface area contributed by atoms with Gasteiger partial charge in [-0.1, -0.05) is 60.1 Å². The SMILES string of the molecule is Cc1ccc(NC(=O)C(NCc2ccc(N3CCCC3=O)cc2)c2ccccc2)cc1Cl. The summed E-state index contributed by atoms with van der Waals surface area (Å²) in [4.78, 5) is 26.9. The van der Waals surface area contributed by atoms with Gasteiger partial charge in [-0.2, -0.15) is 0 Å². The van der Waals surface area contributed by atoms with Gasteiger partial charge in [0.05, 0.1) is 0 Å². The highest BCUT2D eigenvalue weighted by molar-refractivity contribution is 6.31. The van der Waals surface area contributed by atoms with Gasteiger partial charge in [-0.05, 0) is 54.3 Å². The molecule has 6 heteroatoms. The number of amides is 2. The second-order valence-electron chi connectivity index (χ2n) is 7.99. The van der Waals surface area contributed by atoms with Gasteiger partial charge in [-0.25, -0.2) is 0 Å². The van der Waals surface area contributed by atoms with E-state index in [1.165, 1.54) is 0 Å². The molecule has 1 atom stereocenters. The van der Waals surface area contributed by atoms with Gasteiger partial charge in [0.1, 0.15) is 6.04 Å². The summed E-state index contributed by atoms with van der Waals surface area (Å²) in [7, 11) is 0. The van der Waals surface area contributed by atoms with Crippen LogP contribution in [-0.4, -0.2) is 18.4 Å². The number of nitrogens with zero attached hydrogens (tertiary/aromatic N) is 1. The number of carbonyl (C=O) groups excluding carboxylic acids is 2. The lowest BCUT2D eigenvalue weighted by Crippen LogP contribution is -2.32. The number of nitrogens with one attached hydrogen (secondary N) is 2. The van der Waals surface area contributed by atoms with Crippen molar-refractivity contribution < 1.29 is 9.59 Å². The van der Waals surface area contributed by atoms with Crippen molar-refractivity contribution in [2.24, 2.45) is 0 Å². The van der Waals surface area contributed by atoms with Crippen LogP contribution >= 0.6 is 11.6 Å². The Morgan fingerprint density at radius 3 is 2.47 bits per heavy atom. The molecule has 0 aromatic heterocycles. The largest absolute Gasteiger partial charge is 0.324 e. The first kappa shape index (κ1) is 22.1. The third-order valence-corrected chi connectivity index (χ3v) is 6.07. The maximum absolute atomic E-state index is 13.1. The molecule has 1 saturated heterocycles. The zero-order chi connectivity index (χ0) is 22.5. The van der Waals surface area contributed by atoms with Crippen molar-refractivity contribution in [3.05, 3.63) is 94.5 Å². The van der Waals surface area contributed by atoms with Gasteiger partial charge in [0.15, 0.2) is 0 Å². The first-order valence-corrected chi connectivity index (χ1v) is 11.1. The van der Waals surface area contributed by atoms with Gasteiger partial charge in [0.25, 0.3) is 0 Å². The summed E-state index contributed by atoms with van der Waals surface area (Å²) in [6, 6.07) is 22.5. The van der Waals surface area contributed by atoms with Crippen LogP contribution in [0.2, 0.25) is 5.02 Å². The van der Waals surface area contributed by atoms with E-state index in [1.807, 2.05) is 78.6 Å². The third kappa shape index (κ3) is 5.18. The van der Waals surface area contributed by atoms with E-state index < -0.39 is 6.04 Å². The maximum atomic E-state index is 13.1. The lowest BCUT2D eigenvalue weighted by Gasteiger charge is -2.20. The van der Waals surface area contributed by atoms with Crippen LogP contribution in [0.1, 0.15) is 35.6 Å². The molecule has 1 unspecified atom stereocenters. The number of anilines is 2. The van der Waals surface area contributed by atoms with Crippen LogP contribution in [0, 0.1) is 6.92 Å². The molecule has 1 aliphatic heterocycles. The quantitative estimate of drug-likeness (QED) is 0.520. The van der Waals surface area contributed by atoms with Crippen molar-refractivity contribution in [1.82, 2.24) is 5.32 Å². The summed E-state index contributed by atoms with van der Waals surface area (Å²) in [6.45, 7) is 3.21. The maximum Gasteiger partial charge on any atom is 0.246 e. The molecule has 2 N–H and O–H groups in total. The van der Waals surface area contributed by atoms with Crippen molar-refractivity contribution in [2.75, 3.05) is 16.8 Å². The fraction of sp³-hybridized carbons (Fsp3) is 0.231. The molecular weight excluding hydrogens is 422 g/mol. The molecule has 3 aromatic rings. The number of hydrogen-bond donors (Lipinski definition) is 2. The number of hydrogen-bond acceptors (Lipinski definition) is 3. The highest BCUT2D eigenvalue weighted by Crippen LogP contribution is 2.24. The third-order valence-electron chi connectivity index (χ3n) is 5.67. The van der Waals surface area contributed by atoms with E-state index in [0.717, 1.165) is 35.3 Å². The van der Waals surface area contributed by atoms with Crippen molar-refractivity contribution in [3.8, 4) is 0 Å². The van der Waals surface area contributed by atoms with Gasteiger partial charge in [0.2, 0.25) is 11.8 Å². The number of benzene rings is 3. The van der Waals surface area contributed by atoms with Crippen LogP contribution in [0.4, 0.5) is 11.4 Å². The molecule has 0 saturated carbocycles. The Morgan fingerprint density at radius 1 is 1.06 bits per heavy atom. The van der Waals surface area contributed by atoms with Crippen LogP contribution in [0.3, 0.4) is 0 Å². The molecule has 0 spiro atoms. The minimum absolute atomic E-state index is 0.157. The molecule has 5 nitrogen and oxygen atoms in total. The van der Waals surface area contributed by atoms with E-state index in [0.29, 0.717) is 23.7 Å². The van der Waals surface area contributed by atoms with E-state index in [1.54, 1.807) is 6.07 Å². The van der Waals surface area contributed by atoms with Crippen LogP contribution in [0.25, 0.3) is 0 Å². The lowest BCUT2D eigenvalue weighted by atomic mass is 10.1. The fourth-order valence-electron chi connectivity index (χ4n) is 3.83. The summed E-state index contributed by atoms with van der Waals surface area (Å²) in [5.74, 6) is 0.0169. The van der Waals surface area contributed by atoms with Gasteiger partial charge in [0, 0.05) is 35.9 Å². The van der Waals surface area contributed by atoms with E-state index in [4.69, 9.17) is 11.6 Å². The molecule has 3 aromatic carbocycles. The summed E-state index contributed by atoms with van der Waals surface area (Å²) < 4.78 is 0. The van der Waals surface area contributed by atoms with Gasteiger partial charge >= 0.3 is 0 Å². The van der Waals surface area contributed by atoms with Crippen LogP contribution < -0.4 is 15.5 Å². The normalized spacial score (nSPS) is 14.4. The van der Waals surface area contributed by atoms with Crippen LogP contribution in [-0.2, 0) is 16.1 Å². The smallest absolute Gasteiger partial charge is 0.246 e. The summed E-state index contributed by atoms with van der Waals surface area (Å²) in [5.41, 5.74) is 4.45. The molecule has 2 amide bonds. The van der Waals surface area contributed by atoms with E-state index in [9.17, 15) is 9.59 Å². The zero-order valence-corrected chi connectivity index (χ0v) is 18.7. The topological polar surface area (TPSA) is 61.4 Å². The molecule has 1 aliphatic rings. The highest BCUT2D eigenvalue weighted by atomic mass is 35.5. The summed E-state index contributed by atoms with van der Waals surface area (Å²) >= 11 is 6.21. The number of aryl methyl sites for hydroxylation is 1. The van der Waals surface area contributed by atoms with E-state index >= 15 is 0 Å². The summed E-state index contributed by atoms with van der Waals surface area (Å²) in [6.07, 6.45) is 1.52. The van der Waals surface area contributed by atoms with Crippen molar-refractivity contribution in [1.29, 1.82) is 0 Å². The summed E-state index contributed by atoms with van der Waals surface area (Å²) in [5, 5.41) is 6.95. The zero-order valence-electron chi connectivity index (χ0n) is 18.0. The molecular formula is C26H26ClN3O2. The molecule has 1 fully saturated rings. The van der Waals surface area contributed by atoms with Gasteiger partial charge in [-0.3, -0.25) is 14.9 Å². The monoisotopic (exact) mass is 447 g/mol. The minimum atomic E-state index is -0.531. The highest BCUT2D eigenvalue weighted by Gasteiger charge is 2.22. The number of carbonyl (C=O) groups is 2. The average molecular weight is 448 g/mol. The molecule has 32 heavy (non-hydrogen) atoms. The molecule has 164 valence electrons. The second-order valence-corrected chi connectivity index (χ2v) is 8.40. The first-order chi connectivity index (χ1) is 15.5. The predicted molar refractivity (Wildman–Crippen MR) is 129 cm³/mol. The van der Waals surface area contributed by atoms with Crippen LogP contribution in [0.15, 0.2) is 72.8 Å². The Kier molecular flexibility index (Phi) is 6.88. The predicted octanol–water partition coefficient (Wildman–Crippen LogP) is 5.24. The fourth-order valence-corrected chi connectivity index (χ4v) is 4.01. The van der Waals surface area contributed by atoms with Crippen LogP contribution in [0.5, 0.6) is 0 Å². The Morgan fingerprint density at radius 2 is 1.81 bits per heavy atom. The molecule has 0 aliphatic carbocycles. The second kappa shape index (κ2) is 9.98. The Hall–Kier alpha value is -3.15. The molecule has 1 heterocycles. The van der Waals surface area contributed by atoms with E-state index in [-0.39, 0.29) is 11.8 Å². The molecule has 0 bridgehead atoms. The molecule has 4 rings (SSSR count). The Bertz CT molecular complexity index is 1100. The Labute approximate surface area is 193 Å². The first-order valence-electron chi connectivity index (χ1n) is 10.8. The van der Waals surface area contributed by atoms with Crippen molar-refractivity contribution >= 4 is 34.8 Å². The Balaban J connectivity index is 1.47.